The summed E-state index contributed by atoms with van der Waals surface area (Å²) in [6, 6.07) is 13.0. The summed E-state index contributed by atoms with van der Waals surface area (Å²) in [5.41, 5.74) is 18.1. The van der Waals surface area contributed by atoms with E-state index in [1.807, 2.05) is 0 Å². The molecule has 36 heavy (non-hydrogen) atoms. The Morgan fingerprint density at radius 1 is 1.08 bits per heavy atom. The number of benzene rings is 2. The molecule has 3 aromatic rings. The molecule has 0 spiro atoms. The number of nitrogens with two attached hydrogens (primary N) is 3. The number of nitrogens with zero attached hydrogens (tertiary/aromatic N) is 1. The third-order valence-electron chi connectivity index (χ3n) is 5.14. The highest BCUT2D eigenvalue weighted by molar-refractivity contribution is 7.81. The first-order valence-electron chi connectivity index (χ1n) is 10.8. The monoisotopic (exact) mass is 508 g/mol. The summed E-state index contributed by atoms with van der Waals surface area (Å²) in [6.07, 6.45) is 3.23. The Balaban J connectivity index is 1.86. The van der Waals surface area contributed by atoms with Crippen molar-refractivity contribution in [2.75, 3.05) is 10.6 Å². The van der Waals surface area contributed by atoms with Crippen molar-refractivity contribution in [1.29, 1.82) is 0 Å². The largest absolute Gasteiger partial charge is 0.402 e. The fraction of sp³-hybridized carbons (Fsp3) is 0.120. The van der Waals surface area contributed by atoms with E-state index in [1.165, 1.54) is 22.8 Å². The van der Waals surface area contributed by atoms with Crippen LogP contribution in [0.3, 0.4) is 0 Å². The molecule has 9 nitrogen and oxygen atoms in total. The first-order chi connectivity index (χ1) is 17.0. The zero-order valence-electron chi connectivity index (χ0n) is 19.3. The van der Waals surface area contributed by atoms with Crippen LogP contribution < -0.4 is 33.4 Å². The minimum absolute atomic E-state index is 0.0880. The third-order valence-corrected chi connectivity index (χ3v) is 5.36. The highest BCUT2D eigenvalue weighted by atomic mass is 32.1. The smallest absolute Gasteiger partial charge is 0.255 e. The number of hydrogen-bond donors (Lipinski definition) is 5. The molecule has 2 amide bonds. The SMILES string of the molecule is CC(N)=CC(=S)Nc1cc(NC(Cc2ccc(-n3ccccc3=O)cc2)C(N)=O)c(F)cc1C(N)=O. The molecule has 11 heteroatoms. The van der Waals surface area contributed by atoms with Gasteiger partial charge in [-0.1, -0.05) is 30.4 Å². The lowest BCUT2D eigenvalue weighted by molar-refractivity contribution is -0.118. The number of rotatable bonds is 9. The molecule has 0 fully saturated rings. The predicted molar refractivity (Wildman–Crippen MR) is 141 cm³/mol. The summed E-state index contributed by atoms with van der Waals surface area (Å²) >= 11 is 5.18. The van der Waals surface area contributed by atoms with Crippen LogP contribution >= 0.6 is 12.2 Å². The average Bonchev–Trinajstić information content (AvgIpc) is 2.80. The molecule has 0 aliphatic heterocycles. The predicted octanol–water partition coefficient (Wildman–Crippen LogP) is 2.19. The molecular formula is C25H25FN6O3S. The molecule has 3 rings (SSSR count). The number of amides is 2. The molecule has 0 bridgehead atoms. The van der Waals surface area contributed by atoms with E-state index in [-0.39, 0.29) is 33.9 Å². The van der Waals surface area contributed by atoms with Gasteiger partial charge in [0.1, 0.15) is 16.8 Å². The van der Waals surface area contributed by atoms with Gasteiger partial charge in [-0.3, -0.25) is 19.0 Å². The molecule has 1 atom stereocenters. The number of allylic oxidation sites excluding steroid dienone is 1. The molecule has 0 saturated carbocycles. The van der Waals surface area contributed by atoms with Crippen LogP contribution in [0.4, 0.5) is 15.8 Å². The number of aromatic nitrogens is 1. The van der Waals surface area contributed by atoms with Gasteiger partial charge in [0.25, 0.3) is 11.5 Å². The van der Waals surface area contributed by atoms with Gasteiger partial charge in [-0.2, -0.15) is 0 Å². The second-order valence-corrected chi connectivity index (χ2v) is 8.44. The quantitative estimate of drug-likeness (QED) is 0.219. The molecule has 0 aliphatic rings. The van der Waals surface area contributed by atoms with Crippen molar-refractivity contribution in [3.63, 3.8) is 0 Å². The second kappa shape index (κ2) is 11.3. The number of carbonyl (C=O) groups excluding carboxylic acids is 2. The maximum atomic E-state index is 14.8. The highest BCUT2D eigenvalue weighted by Gasteiger charge is 2.21. The zero-order valence-corrected chi connectivity index (χ0v) is 20.1. The molecule has 0 aliphatic carbocycles. The third kappa shape index (κ3) is 6.54. The van der Waals surface area contributed by atoms with E-state index in [4.69, 9.17) is 29.4 Å². The van der Waals surface area contributed by atoms with Crippen LogP contribution in [0.25, 0.3) is 5.69 Å². The van der Waals surface area contributed by atoms with Crippen LogP contribution in [-0.4, -0.2) is 27.4 Å². The van der Waals surface area contributed by atoms with E-state index in [9.17, 15) is 18.8 Å². The van der Waals surface area contributed by atoms with E-state index in [1.54, 1.807) is 49.5 Å². The maximum absolute atomic E-state index is 14.8. The number of thiocarbonyl (C=S) groups is 1. The van der Waals surface area contributed by atoms with Crippen LogP contribution in [0.1, 0.15) is 22.8 Å². The summed E-state index contributed by atoms with van der Waals surface area (Å²) in [7, 11) is 0. The molecule has 1 heterocycles. The molecule has 186 valence electrons. The Morgan fingerprint density at radius 2 is 1.78 bits per heavy atom. The standard InChI is InChI=1S/C25H25FN6O3S/c1-14(27)10-22(36)31-19-13-20(18(26)12-17(19)24(28)34)30-21(25(29)35)11-15-5-7-16(8-6-15)32-9-3-2-4-23(32)33/h2-10,12-13,21,30H,11,27H2,1H3,(H2,28,34)(H2,29,35)(H,31,36). The van der Waals surface area contributed by atoms with Gasteiger partial charge >= 0.3 is 0 Å². The molecule has 0 saturated heterocycles. The van der Waals surface area contributed by atoms with Crippen LogP contribution in [0.15, 0.2) is 77.4 Å². The number of halogens is 1. The van der Waals surface area contributed by atoms with Gasteiger partial charge in [-0.05, 0) is 48.9 Å². The van der Waals surface area contributed by atoms with E-state index in [2.05, 4.69) is 10.6 Å². The van der Waals surface area contributed by atoms with Crippen molar-refractivity contribution >= 4 is 40.4 Å². The van der Waals surface area contributed by atoms with Crippen molar-refractivity contribution < 1.29 is 14.0 Å². The van der Waals surface area contributed by atoms with Crippen LogP contribution in [0.2, 0.25) is 0 Å². The van der Waals surface area contributed by atoms with Crippen molar-refractivity contribution in [3.05, 3.63) is 99.9 Å². The fourth-order valence-corrected chi connectivity index (χ4v) is 3.74. The van der Waals surface area contributed by atoms with Gasteiger partial charge in [-0.25, -0.2) is 4.39 Å². The minimum Gasteiger partial charge on any atom is -0.402 e. The summed E-state index contributed by atoms with van der Waals surface area (Å²) in [6.45, 7) is 1.63. The molecule has 8 N–H and O–H groups in total. The molecule has 1 unspecified atom stereocenters. The number of pyridine rings is 1. The molecule has 1 aromatic heterocycles. The van der Waals surface area contributed by atoms with Crippen LogP contribution in [0.5, 0.6) is 0 Å². The number of hydrogen-bond acceptors (Lipinski definition) is 6. The van der Waals surface area contributed by atoms with Crippen LogP contribution in [-0.2, 0) is 11.2 Å². The van der Waals surface area contributed by atoms with Gasteiger partial charge in [0.2, 0.25) is 5.91 Å². The normalized spacial score (nSPS) is 12.0. The second-order valence-electron chi connectivity index (χ2n) is 8.00. The Labute approximate surface area is 211 Å². The Morgan fingerprint density at radius 3 is 2.36 bits per heavy atom. The van der Waals surface area contributed by atoms with Crippen molar-refractivity contribution in [2.45, 2.75) is 19.4 Å². The molecule has 2 aromatic carbocycles. The lowest BCUT2D eigenvalue weighted by Gasteiger charge is -2.19. The fourth-order valence-electron chi connectivity index (χ4n) is 3.45. The van der Waals surface area contributed by atoms with E-state index in [0.29, 0.717) is 11.4 Å². The van der Waals surface area contributed by atoms with Gasteiger partial charge in [0, 0.05) is 30.1 Å². The Hall–Kier alpha value is -4.51. The van der Waals surface area contributed by atoms with E-state index < -0.39 is 23.7 Å². The summed E-state index contributed by atoms with van der Waals surface area (Å²) < 4.78 is 16.3. The van der Waals surface area contributed by atoms with E-state index in [0.717, 1.165) is 11.6 Å². The number of primary amides is 2. The van der Waals surface area contributed by atoms with Gasteiger partial charge in [0.15, 0.2) is 0 Å². The molecule has 0 radical (unpaired) electrons. The minimum atomic E-state index is -0.991. The summed E-state index contributed by atoms with van der Waals surface area (Å²) in [4.78, 5) is 36.2. The topological polar surface area (TPSA) is 158 Å². The van der Waals surface area contributed by atoms with Crippen molar-refractivity contribution in [1.82, 2.24) is 4.57 Å². The lowest BCUT2D eigenvalue weighted by Crippen LogP contribution is -2.37. The highest BCUT2D eigenvalue weighted by Crippen LogP contribution is 2.26. The van der Waals surface area contributed by atoms with Crippen LogP contribution in [0, 0.1) is 5.82 Å². The maximum Gasteiger partial charge on any atom is 0.255 e. The number of carbonyl (C=O) groups is 2. The van der Waals surface area contributed by atoms with Crippen molar-refractivity contribution in [2.24, 2.45) is 17.2 Å². The average molecular weight is 509 g/mol. The lowest BCUT2D eigenvalue weighted by atomic mass is 10.0. The summed E-state index contributed by atoms with van der Waals surface area (Å²) in [5.74, 6) is -2.40. The van der Waals surface area contributed by atoms with Gasteiger partial charge < -0.3 is 27.8 Å². The van der Waals surface area contributed by atoms with E-state index >= 15 is 0 Å². The Kier molecular flexibility index (Phi) is 8.18. The first-order valence-corrected chi connectivity index (χ1v) is 11.2. The van der Waals surface area contributed by atoms with Gasteiger partial charge in [-0.15, -0.1) is 0 Å². The summed E-state index contributed by atoms with van der Waals surface area (Å²) in [5, 5.41) is 5.58. The molecular weight excluding hydrogens is 483 g/mol. The number of anilines is 2. The van der Waals surface area contributed by atoms with Crippen molar-refractivity contribution in [3.8, 4) is 5.69 Å². The Bertz CT molecular complexity index is 1400. The first kappa shape index (κ1) is 26.1. The zero-order chi connectivity index (χ0) is 26.4. The number of nitrogens with one attached hydrogen (secondary N) is 2. The van der Waals surface area contributed by atoms with Gasteiger partial charge in [0.05, 0.1) is 16.9 Å².